The summed E-state index contributed by atoms with van der Waals surface area (Å²) in [6.07, 6.45) is 6.27. The summed E-state index contributed by atoms with van der Waals surface area (Å²) in [6.45, 7) is 8.55. The minimum Gasteiger partial charge on any atom is -0.345 e. The van der Waals surface area contributed by atoms with E-state index >= 15 is 0 Å². The number of carbonyl (C=O) groups excluding carboxylic acids is 1. The van der Waals surface area contributed by atoms with Crippen LogP contribution < -0.4 is 5.32 Å². The lowest BCUT2D eigenvalue weighted by atomic mass is 10.1. The van der Waals surface area contributed by atoms with Gasteiger partial charge in [-0.3, -0.25) is 4.79 Å². The number of rotatable bonds is 8. The standard InChI is InChI=1S/C15H27N3O/c1-5-9-16-14(6-2)13-8-10-18(11-13)12-15(19)17(4)7-3/h8,10-11,14,16H,5-7,9,12H2,1-4H3. The van der Waals surface area contributed by atoms with Crippen LogP contribution in [0.5, 0.6) is 0 Å². The first-order valence-electron chi connectivity index (χ1n) is 7.25. The highest BCUT2D eigenvalue weighted by Crippen LogP contribution is 2.17. The molecular weight excluding hydrogens is 238 g/mol. The van der Waals surface area contributed by atoms with E-state index in [1.165, 1.54) is 5.56 Å². The summed E-state index contributed by atoms with van der Waals surface area (Å²) in [5, 5.41) is 3.53. The number of hydrogen-bond acceptors (Lipinski definition) is 2. The molecule has 0 fully saturated rings. The Morgan fingerprint density at radius 2 is 2.16 bits per heavy atom. The van der Waals surface area contributed by atoms with Gasteiger partial charge in [0.1, 0.15) is 6.54 Å². The predicted molar refractivity (Wildman–Crippen MR) is 79.1 cm³/mol. The zero-order valence-electron chi connectivity index (χ0n) is 12.6. The monoisotopic (exact) mass is 265 g/mol. The molecule has 19 heavy (non-hydrogen) atoms. The fourth-order valence-corrected chi connectivity index (χ4v) is 2.03. The van der Waals surface area contributed by atoms with E-state index in [-0.39, 0.29) is 5.91 Å². The summed E-state index contributed by atoms with van der Waals surface area (Å²) in [5.74, 6) is 0.152. The number of aromatic nitrogens is 1. The van der Waals surface area contributed by atoms with Crippen molar-refractivity contribution in [2.75, 3.05) is 20.1 Å². The molecule has 108 valence electrons. The number of nitrogens with zero attached hydrogens (tertiary/aromatic N) is 2. The molecule has 0 spiro atoms. The van der Waals surface area contributed by atoms with Crippen LogP contribution in [0.1, 0.15) is 45.2 Å². The van der Waals surface area contributed by atoms with Gasteiger partial charge in [0.2, 0.25) is 5.91 Å². The highest BCUT2D eigenvalue weighted by Gasteiger charge is 2.12. The molecule has 0 aliphatic carbocycles. The van der Waals surface area contributed by atoms with Crippen LogP contribution in [-0.4, -0.2) is 35.5 Å². The molecule has 1 aromatic rings. The molecule has 0 aromatic carbocycles. The molecule has 1 heterocycles. The third-order valence-corrected chi connectivity index (χ3v) is 3.44. The number of likely N-dealkylation sites (N-methyl/N-ethyl adjacent to an activating group) is 1. The number of nitrogens with one attached hydrogen (secondary N) is 1. The van der Waals surface area contributed by atoms with Crippen molar-refractivity contribution in [1.82, 2.24) is 14.8 Å². The van der Waals surface area contributed by atoms with Crippen LogP contribution in [0.2, 0.25) is 0 Å². The Morgan fingerprint density at radius 1 is 1.42 bits per heavy atom. The van der Waals surface area contributed by atoms with Crippen molar-refractivity contribution in [2.24, 2.45) is 0 Å². The second-order valence-electron chi connectivity index (χ2n) is 4.94. The van der Waals surface area contributed by atoms with E-state index in [1.54, 1.807) is 4.90 Å². The van der Waals surface area contributed by atoms with Crippen molar-refractivity contribution >= 4 is 5.91 Å². The molecule has 1 amide bonds. The lowest BCUT2D eigenvalue weighted by Gasteiger charge is -2.16. The summed E-state index contributed by atoms with van der Waals surface area (Å²) < 4.78 is 1.97. The Labute approximate surface area is 116 Å². The van der Waals surface area contributed by atoms with E-state index in [4.69, 9.17) is 0 Å². The summed E-state index contributed by atoms with van der Waals surface area (Å²) in [4.78, 5) is 13.6. The van der Waals surface area contributed by atoms with Crippen molar-refractivity contribution in [3.8, 4) is 0 Å². The largest absolute Gasteiger partial charge is 0.345 e. The van der Waals surface area contributed by atoms with Gasteiger partial charge in [0, 0.05) is 32.0 Å². The lowest BCUT2D eigenvalue weighted by Crippen LogP contribution is -2.29. The van der Waals surface area contributed by atoms with Crippen LogP contribution in [0.3, 0.4) is 0 Å². The van der Waals surface area contributed by atoms with Crippen molar-refractivity contribution in [3.05, 3.63) is 24.0 Å². The average Bonchev–Trinajstić information content (AvgIpc) is 2.87. The number of carbonyl (C=O) groups is 1. The van der Waals surface area contributed by atoms with Gasteiger partial charge in [-0.1, -0.05) is 13.8 Å². The Bertz CT molecular complexity index is 386. The van der Waals surface area contributed by atoms with Crippen molar-refractivity contribution < 1.29 is 4.79 Å². The van der Waals surface area contributed by atoms with Crippen molar-refractivity contribution in [3.63, 3.8) is 0 Å². The Hall–Kier alpha value is -1.29. The van der Waals surface area contributed by atoms with Crippen LogP contribution >= 0.6 is 0 Å². The van der Waals surface area contributed by atoms with E-state index in [2.05, 4.69) is 31.4 Å². The molecule has 4 heteroatoms. The van der Waals surface area contributed by atoms with Gasteiger partial charge >= 0.3 is 0 Å². The number of amides is 1. The molecule has 1 unspecified atom stereocenters. The quantitative estimate of drug-likeness (QED) is 0.784. The second kappa shape index (κ2) is 8.00. The molecule has 0 saturated heterocycles. The molecule has 0 bridgehead atoms. The van der Waals surface area contributed by atoms with Gasteiger partial charge in [0.25, 0.3) is 0 Å². The summed E-state index contributed by atoms with van der Waals surface area (Å²) in [5.41, 5.74) is 1.27. The Balaban J connectivity index is 2.62. The topological polar surface area (TPSA) is 37.3 Å². The van der Waals surface area contributed by atoms with Gasteiger partial charge in [-0.15, -0.1) is 0 Å². The normalized spacial score (nSPS) is 12.4. The first kappa shape index (κ1) is 15.8. The molecule has 1 aromatic heterocycles. The van der Waals surface area contributed by atoms with E-state index in [0.29, 0.717) is 12.6 Å². The maximum absolute atomic E-state index is 11.9. The Morgan fingerprint density at radius 3 is 2.74 bits per heavy atom. The molecule has 0 saturated carbocycles. The highest BCUT2D eigenvalue weighted by molar-refractivity contribution is 5.75. The van der Waals surface area contributed by atoms with E-state index in [9.17, 15) is 4.79 Å². The van der Waals surface area contributed by atoms with Crippen LogP contribution in [-0.2, 0) is 11.3 Å². The van der Waals surface area contributed by atoms with Gasteiger partial charge in [-0.05, 0) is 37.9 Å². The maximum atomic E-state index is 11.9. The zero-order valence-corrected chi connectivity index (χ0v) is 12.6. The van der Waals surface area contributed by atoms with Crippen molar-refractivity contribution in [1.29, 1.82) is 0 Å². The molecule has 0 radical (unpaired) electrons. The third-order valence-electron chi connectivity index (χ3n) is 3.44. The molecule has 1 rings (SSSR count). The second-order valence-corrected chi connectivity index (χ2v) is 4.94. The SMILES string of the molecule is CCCNC(CC)c1ccn(CC(=O)N(C)CC)c1. The molecule has 1 atom stereocenters. The molecule has 0 aliphatic heterocycles. The molecule has 1 N–H and O–H groups in total. The minimum absolute atomic E-state index is 0.152. The summed E-state index contributed by atoms with van der Waals surface area (Å²) in [7, 11) is 1.84. The molecule has 0 aliphatic rings. The summed E-state index contributed by atoms with van der Waals surface area (Å²) in [6, 6.07) is 2.50. The minimum atomic E-state index is 0.152. The zero-order chi connectivity index (χ0) is 14.3. The van der Waals surface area contributed by atoms with Crippen molar-refractivity contribution in [2.45, 2.75) is 46.2 Å². The summed E-state index contributed by atoms with van der Waals surface area (Å²) >= 11 is 0. The fraction of sp³-hybridized carbons (Fsp3) is 0.667. The van der Waals surface area contributed by atoms with Crippen LogP contribution in [0.25, 0.3) is 0 Å². The van der Waals surface area contributed by atoms with Gasteiger partial charge < -0.3 is 14.8 Å². The molecular formula is C15H27N3O. The Kier molecular flexibility index (Phi) is 6.64. The first-order chi connectivity index (χ1) is 9.12. The van der Waals surface area contributed by atoms with Crippen LogP contribution in [0, 0.1) is 0 Å². The van der Waals surface area contributed by atoms with E-state index < -0.39 is 0 Å². The van der Waals surface area contributed by atoms with Crippen LogP contribution in [0.4, 0.5) is 0 Å². The van der Waals surface area contributed by atoms with Gasteiger partial charge in [0.05, 0.1) is 0 Å². The van der Waals surface area contributed by atoms with Gasteiger partial charge in [-0.2, -0.15) is 0 Å². The van der Waals surface area contributed by atoms with Gasteiger partial charge in [0.15, 0.2) is 0 Å². The number of hydrogen-bond donors (Lipinski definition) is 1. The fourth-order valence-electron chi connectivity index (χ4n) is 2.03. The molecule has 4 nitrogen and oxygen atoms in total. The van der Waals surface area contributed by atoms with E-state index in [1.807, 2.05) is 24.7 Å². The highest BCUT2D eigenvalue weighted by atomic mass is 16.2. The first-order valence-corrected chi connectivity index (χ1v) is 7.25. The maximum Gasteiger partial charge on any atom is 0.242 e. The average molecular weight is 265 g/mol. The lowest BCUT2D eigenvalue weighted by molar-refractivity contribution is -0.130. The van der Waals surface area contributed by atoms with Gasteiger partial charge in [-0.25, -0.2) is 0 Å². The van der Waals surface area contributed by atoms with E-state index in [0.717, 1.165) is 25.9 Å². The van der Waals surface area contributed by atoms with Crippen LogP contribution in [0.15, 0.2) is 18.5 Å². The third kappa shape index (κ3) is 4.71. The smallest absolute Gasteiger partial charge is 0.242 e. The predicted octanol–water partition coefficient (Wildman–Crippen LogP) is 2.42.